The van der Waals surface area contributed by atoms with E-state index >= 15 is 0 Å². The summed E-state index contributed by atoms with van der Waals surface area (Å²) in [6.45, 7) is 1.88. The molecule has 0 aliphatic carbocycles. The molecule has 2 N–H and O–H groups in total. The molecule has 2 aromatic rings. The second kappa shape index (κ2) is 4.00. The summed E-state index contributed by atoms with van der Waals surface area (Å²) < 4.78 is 0. The van der Waals surface area contributed by atoms with Gasteiger partial charge >= 0.3 is 0 Å². The molecule has 2 rings (SSSR count). The van der Waals surface area contributed by atoms with Crippen molar-refractivity contribution in [3.8, 4) is 10.6 Å². The van der Waals surface area contributed by atoms with E-state index in [1.54, 1.807) is 12.1 Å². The van der Waals surface area contributed by atoms with E-state index < -0.39 is 0 Å². The fourth-order valence-corrected chi connectivity index (χ4v) is 2.29. The molecule has 0 aliphatic heterocycles. The first-order valence-electron chi connectivity index (χ1n) is 4.26. The van der Waals surface area contributed by atoms with E-state index in [2.05, 4.69) is 4.98 Å². The molecule has 2 nitrogen and oxygen atoms in total. The highest BCUT2D eigenvalue weighted by Gasteiger charge is 2.08. The average molecular weight is 259 g/mol. The van der Waals surface area contributed by atoms with Crippen molar-refractivity contribution in [2.45, 2.75) is 6.92 Å². The maximum atomic E-state index is 5.92. The smallest absolute Gasteiger partial charge is 0.125 e. The Bertz CT molecular complexity index is 489. The third kappa shape index (κ3) is 2.09. The molecule has 5 heteroatoms. The van der Waals surface area contributed by atoms with Gasteiger partial charge < -0.3 is 5.73 Å². The van der Waals surface area contributed by atoms with Gasteiger partial charge in [0.1, 0.15) is 10.0 Å². The number of halogens is 2. The predicted molar refractivity (Wildman–Crippen MR) is 66.7 cm³/mol. The molecule has 0 bridgehead atoms. The van der Waals surface area contributed by atoms with Crippen LogP contribution in [0.25, 0.3) is 10.6 Å². The number of nitrogens with zero attached hydrogens (tertiary/aromatic N) is 1. The van der Waals surface area contributed by atoms with Crippen LogP contribution in [-0.2, 0) is 0 Å². The van der Waals surface area contributed by atoms with Crippen LogP contribution >= 0.6 is 34.5 Å². The minimum Gasteiger partial charge on any atom is -0.389 e. The van der Waals surface area contributed by atoms with E-state index in [1.807, 2.05) is 13.0 Å². The third-order valence-electron chi connectivity index (χ3n) is 2.00. The maximum absolute atomic E-state index is 5.92. The van der Waals surface area contributed by atoms with Crippen LogP contribution in [0.1, 0.15) is 5.69 Å². The van der Waals surface area contributed by atoms with Crippen molar-refractivity contribution in [1.29, 1.82) is 0 Å². The second-order valence-electron chi connectivity index (χ2n) is 3.10. The first-order chi connectivity index (χ1) is 7.08. The molecule has 0 saturated carbocycles. The largest absolute Gasteiger partial charge is 0.389 e. The van der Waals surface area contributed by atoms with Gasteiger partial charge in [-0.3, -0.25) is 0 Å². The Hall–Kier alpha value is -0.770. The summed E-state index contributed by atoms with van der Waals surface area (Å²) in [5, 5.41) is 2.67. The van der Waals surface area contributed by atoms with Crippen molar-refractivity contribution >= 4 is 39.5 Å². The van der Waals surface area contributed by atoms with Crippen LogP contribution in [0.5, 0.6) is 0 Å². The molecule has 0 atom stereocenters. The zero-order valence-electron chi connectivity index (χ0n) is 7.92. The fourth-order valence-electron chi connectivity index (χ4n) is 1.16. The van der Waals surface area contributed by atoms with Gasteiger partial charge in [0.2, 0.25) is 0 Å². The van der Waals surface area contributed by atoms with Crippen molar-refractivity contribution in [3.63, 3.8) is 0 Å². The van der Waals surface area contributed by atoms with Gasteiger partial charge in [-0.15, -0.1) is 0 Å². The summed E-state index contributed by atoms with van der Waals surface area (Å²) in [4.78, 5) is 4.34. The van der Waals surface area contributed by atoms with E-state index in [4.69, 9.17) is 28.9 Å². The maximum Gasteiger partial charge on any atom is 0.125 e. The Balaban J connectivity index is 2.49. The number of rotatable bonds is 1. The third-order valence-corrected chi connectivity index (χ3v) is 3.77. The molecule has 0 unspecified atom stereocenters. The molecule has 1 aromatic heterocycles. The van der Waals surface area contributed by atoms with Crippen LogP contribution in [0.4, 0.5) is 5.00 Å². The van der Waals surface area contributed by atoms with Gasteiger partial charge in [0.25, 0.3) is 0 Å². The van der Waals surface area contributed by atoms with E-state index in [1.165, 1.54) is 11.3 Å². The lowest BCUT2D eigenvalue weighted by Crippen LogP contribution is -1.81. The Morgan fingerprint density at radius 1 is 1.27 bits per heavy atom. The highest BCUT2D eigenvalue weighted by molar-refractivity contribution is 7.18. The summed E-state index contributed by atoms with van der Waals surface area (Å²) in [5.41, 5.74) is 7.53. The topological polar surface area (TPSA) is 38.9 Å². The first-order valence-corrected chi connectivity index (χ1v) is 5.83. The summed E-state index contributed by atoms with van der Waals surface area (Å²) >= 11 is 13.2. The van der Waals surface area contributed by atoms with Crippen molar-refractivity contribution in [2.24, 2.45) is 0 Å². The lowest BCUT2D eigenvalue weighted by Gasteiger charge is -1.98. The van der Waals surface area contributed by atoms with Gasteiger partial charge in [0.05, 0.1) is 15.7 Å². The number of aromatic nitrogens is 1. The van der Waals surface area contributed by atoms with Crippen LogP contribution < -0.4 is 5.73 Å². The number of aryl methyl sites for hydroxylation is 1. The van der Waals surface area contributed by atoms with Gasteiger partial charge in [0.15, 0.2) is 0 Å². The number of hydrogen-bond donors (Lipinski definition) is 1. The van der Waals surface area contributed by atoms with Gasteiger partial charge in [-0.2, -0.15) is 0 Å². The molecular weight excluding hydrogens is 251 g/mol. The molecule has 1 aromatic carbocycles. The molecular formula is C10H8Cl2N2S. The minimum atomic E-state index is 0.528. The van der Waals surface area contributed by atoms with E-state index in [0.717, 1.165) is 21.3 Å². The molecule has 0 spiro atoms. The number of anilines is 1. The van der Waals surface area contributed by atoms with Gasteiger partial charge in [-0.05, 0) is 19.1 Å². The monoisotopic (exact) mass is 258 g/mol. The molecule has 15 heavy (non-hydrogen) atoms. The normalized spacial score (nSPS) is 10.6. The molecule has 0 amide bonds. The van der Waals surface area contributed by atoms with Crippen LogP contribution in [0.15, 0.2) is 18.2 Å². The van der Waals surface area contributed by atoms with Crippen molar-refractivity contribution in [1.82, 2.24) is 4.98 Å². The van der Waals surface area contributed by atoms with Gasteiger partial charge in [-0.1, -0.05) is 40.6 Å². The molecule has 0 aliphatic rings. The SMILES string of the molecule is Cc1nc(-c2ccc(Cl)c(Cl)c2)sc1N. The predicted octanol–water partition coefficient (Wildman–Crippen LogP) is 4.01. The summed E-state index contributed by atoms with van der Waals surface area (Å²) in [6, 6.07) is 5.43. The van der Waals surface area contributed by atoms with E-state index in [0.29, 0.717) is 10.0 Å². The van der Waals surface area contributed by atoms with Crippen molar-refractivity contribution in [2.75, 3.05) is 5.73 Å². The Morgan fingerprint density at radius 2 is 2.00 bits per heavy atom. The summed E-state index contributed by atoms with van der Waals surface area (Å²) in [5.74, 6) is 0. The minimum absolute atomic E-state index is 0.528. The average Bonchev–Trinajstić information content (AvgIpc) is 2.52. The fraction of sp³-hybridized carbons (Fsp3) is 0.100. The van der Waals surface area contributed by atoms with Crippen molar-refractivity contribution in [3.05, 3.63) is 33.9 Å². The molecule has 0 fully saturated rings. The zero-order valence-corrected chi connectivity index (χ0v) is 10.2. The highest BCUT2D eigenvalue weighted by atomic mass is 35.5. The van der Waals surface area contributed by atoms with Crippen LogP contribution in [0.3, 0.4) is 0 Å². The van der Waals surface area contributed by atoms with E-state index in [9.17, 15) is 0 Å². The van der Waals surface area contributed by atoms with Crippen LogP contribution in [0, 0.1) is 6.92 Å². The molecule has 0 radical (unpaired) electrons. The van der Waals surface area contributed by atoms with Crippen LogP contribution in [-0.4, -0.2) is 4.98 Å². The first kappa shape index (κ1) is 10.7. The number of nitrogens with two attached hydrogens (primary N) is 1. The number of benzene rings is 1. The summed E-state index contributed by atoms with van der Waals surface area (Å²) in [6.07, 6.45) is 0. The number of thiazole rings is 1. The molecule has 0 saturated heterocycles. The van der Waals surface area contributed by atoms with Gasteiger partial charge in [-0.25, -0.2) is 4.98 Å². The molecule has 78 valence electrons. The van der Waals surface area contributed by atoms with E-state index in [-0.39, 0.29) is 0 Å². The van der Waals surface area contributed by atoms with Gasteiger partial charge in [0, 0.05) is 5.56 Å². The Kier molecular flexibility index (Phi) is 2.87. The number of hydrogen-bond acceptors (Lipinski definition) is 3. The standard InChI is InChI=1S/C10H8Cl2N2S/c1-5-9(13)15-10(14-5)6-2-3-7(11)8(12)4-6/h2-4H,13H2,1H3. The van der Waals surface area contributed by atoms with Crippen LogP contribution in [0.2, 0.25) is 10.0 Å². The van der Waals surface area contributed by atoms with Crippen molar-refractivity contribution < 1.29 is 0 Å². The Labute approximate surface area is 102 Å². The highest BCUT2D eigenvalue weighted by Crippen LogP contribution is 2.33. The second-order valence-corrected chi connectivity index (χ2v) is 4.94. The summed E-state index contributed by atoms with van der Waals surface area (Å²) in [7, 11) is 0. The quantitative estimate of drug-likeness (QED) is 0.840. The number of nitrogen functional groups attached to an aromatic ring is 1. The zero-order chi connectivity index (χ0) is 11.0. The molecule has 1 heterocycles. The lowest BCUT2D eigenvalue weighted by molar-refractivity contribution is 1.27. The Morgan fingerprint density at radius 3 is 2.53 bits per heavy atom. The lowest BCUT2D eigenvalue weighted by atomic mass is 10.2.